The van der Waals surface area contributed by atoms with Gasteiger partial charge in [-0.1, -0.05) is 107 Å². The van der Waals surface area contributed by atoms with Crippen LogP contribution in [-0.4, -0.2) is 11.6 Å². The second kappa shape index (κ2) is 8.44. The number of ketones is 2. The zero-order valence-corrected chi connectivity index (χ0v) is 19.8. The summed E-state index contributed by atoms with van der Waals surface area (Å²) in [5.74, 6) is -0.143. The maximum absolute atomic E-state index is 13.2. The van der Waals surface area contributed by atoms with Gasteiger partial charge < -0.3 is 0 Å². The number of carbonyl (C=O) groups excluding carboxylic acids is 2. The van der Waals surface area contributed by atoms with Crippen LogP contribution in [-0.2, 0) is 5.41 Å². The standard InChI is InChI=1S/C31H30O2/c1-6-21-11-13-22(14-12-21)17-18-30(2,3)20-31(4,5)23-15-16-26-27(19-23)29(33)25-10-8-7-9-24(25)28(26)32/h6-19H,1,20H2,2-5H3/b18-17+. The van der Waals surface area contributed by atoms with Gasteiger partial charge in [-0.2, -0.15) is 0 Å². The molecule has 0 aromatic heterocycles. The summed E-state index contributed by atoms with van der Waals surface area (Å²) < 4.78 is 0. The molecule has 33 heavy (non-hydrogen) atoms. The summed E-state index contributed by atoms with van der Waals surface area (Å²) in [7, 11) is 0. The normalized spacial score (nSPS) is 13.7. The smallest absolute Gasteiger partial charge is 0.194 e. The lowest BCUT2D eigenvalue weighted by atomic mass is 9.70. The number of rotatable bonds is 6. The van der Waals surface area contributed by atoms with Crippen molar-refractivity contribution in [2.75, 3.05) is 0 Å². The summed E-state index contributed by atoms with van der Waals surface area (Å²) in [6.07, 6.45) is 7.14. The molecule has 4 rings (SSSR count). The van der Waals surface area contributed by atoms with E-state index in [1.54, 1.807) is 18.2 Å². The van der Waals surface area contributed by atoms with Gasteiger partial charge in [-0.3, -0.25) is 9.59 Å². The quantitative estimate of drug-likeness (QED) is 0.315. The SMILES string of the molecule is C=Cc1ccc(/C=C/C(C)(C)CC(C)(C)c2ccc3c(c2)C(=O)c2ccccc2C3=O)cc1. The van der Waals surface area contributed by atoms with Crippen molar-refractivity contribution in [3.8, 4) is 0 Å². The minimum Gasteiger partial charge on any atom is -0.289 e. The Bertz CT molecular complexity index is 1270. The molecule has 0 bridgehead atoms. The Hall–Kier alpha value is -3.52. The number of fused-ring (bicyclic) bond motifs is 2. The molecule has 1 aliphatic carbocycles. The molecule has 0 unspecified atom stereocenters. The summed E-state index contributed by atoms with van der Waals surface area (Å²) in [6, 6.07) is 21.2. The van der Waals surface area contributed by atoms with Crippen molar-refractivity contribution < 1.29 is 9.59 Å². The second-order valence-corrected chi connectivity index (χ2v) is 10.2. The molecule has 0 N–H and O–H groups in total. The van der Waals surface area contributed by atoms with E-state index in [9.17, 15) is 9.59 Å². The van der Waals surface area contributed by atoms with E-state index < -0.39 is 0 Å². The molecule has 0 heterocycles. The van der Waals surface area contributed by atoms with Gasteiger partial charge in [0, 0.05) is 22.3 Å². The monoisotopic (exact) mass is 434 g/mol. The van der Waals surface area contributed by atoms with E-state index in [0.29, 0.717) is 22.3 Å². The number of benzene rings is 3. The molecule has 0 saturated heterocycles. The van der Waals surface area contributed by atoms with E-state index in [2.05, 4.69) is 70.7 Å². The Morgan fingerprint density at radius 3 is 1.88 bits per heavy atom. The van der Waals surface area contributed by atoms with E-state index in [1.165, 1.54) is 0 Å². The molecular formula is C31H30O2. The van der Waals surface area contributed by atoms with Crippen LogP contribution in [0, 0.1) is 5.41 Å². The molecule has 0 saturated carbocycles. The Morgan fingerprint density at radius 1 is 0.727 bits per heavy atom. The van der Waals surface area contributed by atoms with Crippen molar-refractivity contribution in [2.45, 2.75) is 39.5 Å². The summed E-state index contributed by atoms with van der Waals surface area (Å²) in [5, 5.41) is 0. The number of carbonyl (C=O) groups is 2. The van der Waals surface area contributed by atoms with Crippen molar-refractivity contribution in [1.82, 2.24) is 0 Å². The molecule has 2 heteroatoms. The maximum Gasteiger partial charge on any atom is 0.194 e. The van der Waals surface area contributed by atoms with Gasteiger partial charge in [0.05, 0.1) is 0 Å². The van der Waals surface area contributed by atoms with Gasteiger partial charge in [0.2, 0.25) is 0 Å². The van der Waals surface area contributed by atoms with Crippen molar-refractivity contribution in [3.63, 3.8) is 0 Å². The van der Waals surface area contributed by atoms with E-state index in [0.717, 1.165) is 23.1 Å². The van der Waals surface area contributed by atoms with Gasteiger partial charge in [0.1, 0.15) is 0 Å². The molecule has 2 nitrogen and oxygen atoms in total. The molecule has 166 valence electrons. The topological polar surface area (TPSA) is 34.1 Å². The second-order valence-electron chi connectivity index (χ2n) is 10.2. The van der Waals surface area contributed by atoms with Crippen LogP contribution >= 0.6 is 0 Å². The van der Waals surface area contributed by atoms with Crippen LogP contribution in [0.25, 0.3) is 12.2 Å². The minimum atomic E-state index is -0.185. The molecule has 1 aliphatic rings. The Morgan fingerprint density at radius 2 is 1.27 bits per heavy atom. The highest BCUT2D eigenvalue weighted by atomic mass is 16.1. The van der Waals surface area contributed by atoms with E-state index in [-0.39, 0.29) is 22.4 Å². The third-order valence-corrected chi connectivity index (χ3v) is 6.50. The molecule has 0 amide bonds. The van der Waals surface area contributed by atoms with E-state index >= 15 is 0 Å². The lowest BCUT2D eigenvalue weighted by Gasteiger charge is -2.34. The van der Waals surface area contributed by atoms with Gasteiger partial charge in [0.25, 0.3) is 0 Å². The fourth-order valence-corrected chi connectivity index (χ4v) is 4.89. The first-order valence-corrected chi connectivity index (χ1v) is 11.4. The van der Waals surface area contributed by atoms with Crippen molar-refractivity contribution in [2.24, 2.45) is 5.41 Å². The van der Waals surface area contributed by atoms with Crippen LogP contribution in [0.15, 0.2) is 79.4 Å². The van der Waals surface area contributed by atoms with Crippen molar-refractivity contribution >= 4 is 23.7 Å². The summed E-state index contributed by atoms with van der Waals surface area (Å²) in [5.41, 5.74) is 5.08. The summed E-state index contributed by atoms with van der Waals surface area (Å²) >= 11 is 0. The lowest BCUT2D eigenvalue weighted by Crippen LogP contribution is -2.27. The van der Waals surface area contributed by atoms with Crippen LogP contribution in [0.1, 0.15) is 82.6 Å². The first-order chi connectivity index (χ1) is 15.6. The number of hydrogen-bond acceptors (Lipinski definition) is 2. The molecule has 0 atom stereocenters. The maximum atomic E-state index is 13.2. The highest BCUT2D eigenvalue weighted by molar-refractivity contribution is 6.28. The first kappa shape index (κ1) is 22.7. The molecule has 3 aromatic carbocycles. The fourth-order valence-electron chi connectivity index (χ4n) is 4.89. The minimum absolute atomic E-state index is 0.0665. The zero-order chi connectivity index (χ0) is 23.8. The van der Waals surface area contributed by atoms with Crippen LogP contribution < -0.4 is 0 Å². The summed E-state index contributed by atoms with van der Waals surface area (Å²) in [4.78, 5) is 26.1. The molecule has 0 spiro atoms. The van der Waals surface area contributed by atoms with Gasteiger partial charge in [0.15, 0.2) is 11.6 Å². The van der Waals surface area contributed by atoms with Crippen LogP contribution in [0.3, 0.4) is 0 Å². The third kappa shape index (κ3) is 4.52. The number of hydrogen-bond donors (Lipinski definition) is 0. The Labute approximate surface area is 196 Å². The molecule has 0 aliphatic heterocycles. The van der Waals surface area contributed by atoms with Gasteiger partial charge >= 0.3 is 0 Å². The van der Waals surface area contributed by atoms with Gasteiger partial charge in [-0.05, 0) is 46.1 Å². The molecular weight excluding hydrogens is 404 g/mol. The first-order valence-electron chi connectivity index (χ1n) is 11.4. The van der Waals surface area contributed by atoms with E-state index in [1.807, 2.05) is 30.3 Å². The molecule has 3 aromatic rings. The predicted molar refractivity (Wildman–Crippen MR) is 137 cm³/mol. The van der Waals surface area contributed by atoms with Crippen molar-refractivity contribution in [1.29, 1.82) is 0 Å². The molecule has 0 fully saturated rings. The van der Waals surface area contributed by atoms with E-state index in [4.69, 9.17) is 0 Å². The predicted octanol–water partition coefficient (Wildman–Crippen LogP) is 7.51. The highest BCUT2D eigenvalue weighted by Crippen LogP contribution is 2.39. The van der Waals surface area contributed by atoms with Gasteiger partial charge in [-0.15, -0.1) is 0 Å². The summed E-state index contributed by atoms with van der Waals surface area (Å²) in [6.45, 7) is 12.7. The third-order valence-electron chi connectivity index (χ3n) is 6.50. The number of allylic oxidation sites excluding steroid dienone is 1. The average molecular weight is 435 g/mol. The largest absolute Gasteiger partial charge is 0.289 e. The Balaban J connectivity index is 1.59. The fraction of sp³-hybridized carbons (Fsp3) is 0.226. The van der Waals surface area contributed by atoms with Crippen LogP contribution in [0.5, 0.6) is 0 Å². The Kier molecular flexibility index (Phi) is 5.80. The van der Waals surface area contributed by atoms with Gasteiger partial charge in [-0.25, -0.2) is 0 Å². The van der Waals surface area contributed by atoms with Crippen LogP contribution in [0.4, 0.5) is 0 Å². The average Bonchev–Trinajstić information content (AvgIpc) is 2.80. The highest BCUT2D eigenvalue weighted by Gasteiger charge is 2.33. The molecule has 0 radical (unpaired) electrons. The zero-order valence-electron chi connectivity index (χ0n) is 19.8. The lowest BCUT2D eigenvalue weighted by molar-refractivity contribution is 0.0979. The van der Waals surface area contributed by atoms with Crippen LogP contribution in [0.2, 0.25) is 0 Å². The van der Waals surface area contributed by atoms with Crippen molar-refractivity contribution in [3.05, 3.63) is 118 Å².